The monoisotopic (exact) mass is 375 g/mol. The molecular formula is C19H25N3O3S. The number of nitrogens with zero attached hydrogens (tertiary/aromatic N) is 2. The zero-order valence-electron chi connectivity index (χ0n) is 15.2. The van der Waals surface area contributed by atoms with Gasteiger partial charge in [-0.15, -0.1) is 11.3 Å². The van der Waals surface area contributed by atoms with Crippen molar-refractivity contribution in [3.05, 3.63) is 16.0 Å². The lowest BCUT2D eigenvalue weighted by molar-refractivity contribution is -0.147. The van der Waals surface area contributed by atoms with E-state index in [1.165, 1.54) is 12.0 Å². The van der Waals surface area contributed by atoms with E-state index in [1.54, 1.807) is 11.3 Å². The minimum Gasteiger partial charge on any atom is -0.469 e. The van der Waals surface area contributed by atoms with Crippen LogP contribution in [0.1, 0.15) is 48.1 Å². The van der Waals surface area contributed by atoms with Crippen molar-refractivity contribution in [2.24, 2.45) is 5.92 Å². The molecule has 1 aliphatic carbocycles. The Morgan fingerprint density at radius 1 is 1.31 bits per heavy atom. The summed E-state index contributed by atoms with van der Waals surface area (Å²) in [6.07, 6.45) is 6.20. The van der Waals surface area contributed by atoms with Gasteiger partial charge in [-0.25, -0.2) is 0 Å². The standard InChI is InChI=1S/C19H25N3O3S/c1-25-19(24)13-6-9-22(10-7-13)11-8-17(23)21-18-15(12-20)14-4-2-3-5-16(14)26-18/h13H,2-11H2,1H3,(H,21,23). The highest BCUT2D eigenvalue weighted by atomic mass is 32.1. The number of carbonyl (C=O) groups excluding carboxylic acids is 2. The Labute approximate surface area is 158 Å². The molecule has 26 heavy (non-hydrogen) atoms. The molecule has 3 rings (SSSR count). The Balaban J connectivity index is 1.49. The van der Waals surface area contributed by atoms with E-state index in [1.807, 2.05) is 0 Å². The molecule has 0 spiro atoms. The number of fused-ring (bicyclic) bond motifs is 1. The normalized spacial score (nSPS) is 18.0. The third-order valence-electron chi connectivity index (χ3n) is 5.31. The number of esters is 1. The summed E-state index contributed by atoms with van der Waals surface area (Å²) in [7, 11) is 1.43. The van der Waals surface area contributed by atoms with Gasteiger partial charge < -0.3 is 15.0 Å². The number of carbonyl (C=O) groups is 2. The van der Waals surface area contributed by atoms with Crippen molar-refractivity contribution in [2.45, 2.75) is 44.9 Å². The molecule has 2 heterocycles. The van der Waals surface area contributed by atoms with E-state index in [9.17, 15) is 14.9 Å². The van der Waals surface area contributed by atoms with Crippen LogP contribution in [0.15, 0.2) is 0 Å². The van der Waals surface area contributed by atoms with Crippen molar-refractivity contribution in [1.82, 2.24) is 4.90 Å². The minimum atomic E-state index is -0.131. The van der Waals surface area contributed by atoms with Crippen LogP contribution in [0, 0.1) is 17.2 Å². The summed E-state index contributed by atoms with van der Waals surface area (Å²) in [6.45, 7) is 2.29. The molecule has 7 heteroatoms. The molecule has 1 fully saturated rings. The largest absolute Gasteiger partial charge is 0.469 e. The van der Waals surface area contributed by atoms with Crippen LogP contribution in [0.25, 0.3) is 0 Å². The lowest BCUT2D eigenvalue weighted by Crippen LogP contribution is -2.38. The van der Waals surface area contributed by atoms with Crippen molar-refractivity contribution in [3.8, 4) is 6.07 Å². The third kappa shape index (κ3) is 4.25. The van der Waals surface area contributed by atoms with Crippen molar-refractivity contribution in [2.75, 3.05) is 32.1 Å². The second-order valence-corrected chi connectivity index (χ2v) is 8.07. The van der Waals surface area contributed by atoms with E-state index < -0.39 is 0 Å². The van der Waals surface area contributed by atoms with Crippen LogP contribution in [-0.2, 0) is 27.2 Å². The number of thiophene rings is 1. The van der Waals surface area contributed by atoms with E-state index in [4.69, 9.17) is 4.74 Å². The van der Waals surface area contributed by atoms with Crippen LogP contribution in [0.3, 0.4) is 0 Å². The predicted octanol–water partition coefficient (Wildman–Crippen LogP) is 2.71. The lowest BCUT2D eigenvalue weighted by Gasteiger charge is -2.30. The molecule has 1 N–H and O–H groups in total. The molecule has 1 aromatic heterocycles. The number of aryl methyl sites for hydroxylation is 1. The molecule has 0 aromatic carbocycles. The Bertz CT molecular complexity index is 714. The molecule has 2 aliphatic rings. The lowest BCUT2D eigenvalue weighted by atomic mass is 9.96. The molecule has 0 unspecified atom stereocenters. The van der Waals surface area contributed by atoms with Crippen molar-refractivity contribution >= 4 is 28.2 Å². The van der Waals surface area contributed by atoms with Crippen molar-refractivity contribution in [1.29, 1.82) is 5.26 Å². The quantitative estimate of drug-likeness (QED) is 0.800. The zero-order chi connectivity index (χ0) is 18.5. The number of ether oxygens (including phenoxy) is 1. The number of piperidine rings is 1. The van der Waals surface area contributed by atoms with Gasteiger partial charge in [0.25, 0.3) is 0 Å². The number of hydrogen-bond donors (Lipinski definition) is 1. The molecule has 1 aliphatic heterocycles. The highest BCUT2D eigenvalue weighted by Gasteiger charge is 2.26. The molecule has 0 saturated carbocycles. The minimum absolute atomic E-state index is 0.0132. The fourth-order valence-corrected chi connectivity index (χ4v) is 5.04. The summed E-state index contributed by atoms with van der Waals surface area (Å²) in [6, 6.07) is 2.28. The van der Waals surface area contributed by atoms with Gasteiger partial charge in [-0.05, 0) is 57.2 Å². The van der Waals surface area contributed by atoms with E-state index in [0.717, 1.165) is 57.2 Å². The molecule has 1 aromatic rings. The molecular weight excluding hydrogens is 350 g/mol. The van der Waals surface area contributed by atoms with Gasteiger partial charge in [0.2, 0.25) is 5.91 Å². The first-order valence-electron chi connectivity index (χ1n) is 9.27. The highest BCUT2D eigenvalue weighted by molar-refractivity contribution is 7.16. The van der Waals surface area contributed by atoms with Gasteiger partial charge in [-0.2, -0.15) is 5.26 Å². The Kier molecular flexibility index (Phi) is 6.28. The maximum atomic E-state index is 12.3. The van der Waals surface area contributed by atoms with E-state index in [-0.39, 0.29) is 17.8 Å². The average molecular weight is 375 g/mol. The Hall–Kier alpha value is -1.91. The number of likely N-dealkylation sites (tertiary alicyclic amines) is 1. The average Bonchev–Trinajstić information content (AvgIpc) is 3.03. The highest BCUT2D eigenvalue weighted by Crippen LogP contribution is 2.37. The van der Waals surface area contributed by atoms with Crippen molar-refractivity contribution in [3.63, 3.8) is 0 Å². The first kappa shape index (κ1) is 18.9. The summed E-state index contributed by atoms with van der Waals surface area (Å²) >= 11 is 1.56. The van der Waals surface area contributed by atoms with E-state index in [0.29, 0.717) is 23.5 Å². The number of nitrogens with one attached hydrogen (secondary N) is 1. The van der Waals surface area contributed by atoms with Crippen LogP contribution in [-0.4, -0.2) is 43.5 Å². The molecule has 1 amide bonds. The smallest absolute Gasteiger partial charge is 0.308 e. The fraction of sp³-hybridized carbons (Fsp3) is 0.632. The summed E-state index contributed by atoms with van der Waals surface area (Å²) in [5, 5.41) is 13.1. The number of rotatable bonds is 5. The second kappa shape index (κ2) is 8.65. The number of anilines is 1. The van der Waals surface area contributed by atoms with Crippen LogP contribution >= 0.6 is 11.3 Å². The van der Waals surface area contributed by atoms with Crippen LogP contribution in [0.4, 0.5) is 5.00 Å². The summed E-state index contributed by atoms with van der Waals surface area (Å²) in [5.41, 5.74) is 1.81. The third-order valence-corrected chi connectivity index (χ3v) is 6.52. The maximum absolute atomic E-state index is 12.3. The first-order valence-corrected chi connectivity index (χ1v) is 10.1. The van der Waals surface area contributed by atoms with E-state index in [2.05, 4.69) is 16.3 Å². The zero-order valence-corrected chi connectivity index (χ0v) is 16.0. The maximum Gasteiger partial charge on any atom is 0.308 e. The Morgan fingerprint density at radius 3 is 2.73 bits per heavy atom. The fourth-order valence-electron chi connectivity index (χ4n) is 3.78. The number of amides is 1. The first-order chi connectivity index (χ1) is 12.6. The van der Waals surface area contributed by atoms with E-state index >= 15 is 0 Å². The van der Waals surface area contributed by atoms with Gasteiger partial charge in [0.1, 0.15) is 11.1 Å². The molecule has 140 valence electrons. The predicted molar refractivity (Wildman–Crippen MR) is 100 cm³/mol. The molecule has 0 bridgehead atoms. The number of hydrogen-bond acceptors (Lipinski definition) is 6. The molecule has 6 nitrogen and oxygen atoms in total. The number of nitriles is 1. The van der Waals surface area contributed by atoms with Gasteiger partial charge >= 0.3 is 5.97 Å². The second-order valence-electron chi connectivity index (χ2n) is 6.96. The van der Waals surface area contributed by atoms with Gasteiger partial charge in [-0.3, -0.25) is 9.59 Å². The summed E-state index contributed by atoms with van der Waals surface area (Å²) < 4.78 is 4.80. The van der Waals surface area contributed by atoms with Crippen LogP contribution in [0.5, 0.6) is 0 Å². The van der Waals surface area contributed by atoms with Crippen molar-refractivity contribution < 1.29 is 14.3 Å². The molecule has 0 atom stereocenters. The van der Waals surface area contributed by atoms with Gasteiger partial charge in [0.15, 0.2) is 0 Å². The summed E-state index contributed by atoms with van der Waals surface area (Å²) in [5.74, 6) is -0.191. The van der Waals surface area contributed by atoms with Crippen LogP contribution in [0.2, 0.25) is 0 Å². The number of methoxy groups -OCH3 is 1. The van der Waals surface area contributed by atoms with Gasteiger partial charge in [0, 0.05) is 17.8 Å². The van der Waals surface area contributed by atoms with Gasteiger partial charge in [0.05, 0.1) is 18.6 Å². The molecule has 1 saturated heterocycles. The molecule has 0 radical (unpaired) electrons. The van der Waals surface area contributed by atoms with Crippen LogP contribution < -0.4 is 5.32 Å². The topological polar surface area (TPSA) is 82.4 Å². The van der Waals surface area contributed by atoms with Gasteiger partial charge in [-0.1, -0.05) is 0 Å². The summed E-state index contributed by atoms with van der Waals surface area (Å²) in [4.78, 5) is 27.4. The SMILES string of the molecule is COC(=O)C1CCN(CCC(=O)Nc2sc3c(c2C#N)CCCC3)CC1. The Morgan fingerprint density at radius 2 is 2.04 bits per heavy atom.